The van der Waals surface area contributed by atoms with Crippen LogP contribution in [0.4, 0.5) is 9.18 Å². The van der Waals surface area contributed by atoms with Crippen LogP contribution in [0.1, 0.15) is 37.1 Å². The first-order valence-electron chi connectivity index (χ1n) is 11.2. The maximum atomic E-state index is 13.8. The van der Waals surface area contributed by atoms with Crippen molar-refractivity contribution in [3.05, 3.63) is 95.7 Å². The summed E-state index contributed by atoms with van der Waals surface area (Å²) in [7, 11) is 0. The van der Waals surface area contributed by atoms with E-state index in [2.05, 4.69) is 15.5 Å². The Morgan fingerprint density at radius 1 is 1.14 bits per heavy atom. The monoisotopic (exact) mass is 474 g/mol. The number of urea groups is 1. The molecule has 1 N–H and O–H groups in total. The lowest BCUT2D eigenvalue weighted by Gasteiger charge is -2.34. The van der Waals surface area contributed by atoms with Crippen LogP contribution in [0.3, 0.4) is 0 Å². The Balaban J connectivity index is 1.58. The molecule has 0 spiro atoms. The minimum Gasteiger partial charge on any atom is -0.494 e. The molecule has 2 aromatic carbocycles. The number of hydrogen-bond donors (Lipinski definition) is 1. The number of allylic oxidation sites excluding steroid dienone is 1. The lowest BCUT2D eigenvalue weighted by Crippen LogP contribution is -2.45. The summed E-state index contributed by atoms with van der Waals surface area (Å²) < 4.78 is 30.4. The van der Waals surface area contributed by atoms with Crippen molar-refractivity contribution < 1.29 is 22.9 Å². The van der Waals surface area contributed by atoms with Crippen LogP contribution in [-0.2, 0) is 6.54 Å². The SMILES string of the molecule is CCOc1ccc(C2NC(=O)N(Cc3ccco3)C(C)=C2c2nc(-c3cccc(F)c3)no2)cc1. The predicted molar refractivity (Wildman–Crippen MR) is 125 cm³/mol. The number of amides is 2. The van der Waals surface area contributed by atoms with Crippen LogP contribution in [0.25, 0.3) is 17.0 Å². The molecule has 0 aliphatic carbocycles. The highest BCUT2D eigenvalue weighted by Gasteiger charge is 2.36. The van der Waals surface area contributed by atoms with Crippen LogP contribution in [0.15, 0.2) is 81.6 Å². The first-order valence-corrected chi connectivity index (χ1v) is 11.2. The van der Waals surface area contributed by atoms with E-state index in [1.165, 1.54) is 12.1 Å². The van der Waals surface area contributed by atoms with E-state index in [4.69, 9.17) is 13.7 Å². The second-order valence-electron chi connectivity index (χ2n) is 7.98. The van der Waals surface area contributed by atoms with Crippen LogP contribution in [-0.4, -0.2) is 27.7 Å². The zero-order chi connectivity index (χ0) is 24.4. The molecule has 1 unspecified atom stereocenters. The van der Waals surface area contributed by atoms with Gasteiger partial charge in [0.1, 0.15) is 17.3 Å². The van der Waals surface area contributed by atoms with Crippen molar-refractivity contribution in [3.63, 3.8) is 0 Å². The van der Waals surface area contributed by atoms with Crippen LogP contribution < -0.4 is 10.1 Å². The molecular formula is C26H23FN4O4. The van der Waals surface area contributed by atoms with E-state index in [-0.39, 0.29) is 24.3 Å². The van der Waals surface area contributed by atoms with E-state index >= 15 is 0 Å². The maximum absolute atomic E-state index is 13.8. The summed E-state index contributed by atoms with van der Waals surface area (Å²) in [6.07, 6.45) is 1.56. The van der Waals surface area contributed by atoms with Gasteiger partial charge in [0.25, 0.3) is 5.89 Å². The fourth-order valence-corrected chi connectivity index (χ4v) is 4.06. The Morgan fingerprint density at radius 3 is 2.69 bits per heavy atom. The van der Waals surface area contributed by atoms with Crippen molar-refractivity contribution in [2.45, 2.75) is 26.4 Å². The fourth-order valence-electron chi connectivity index (χ4n) is 4.06. The van der Waals surface area contributed by atoms with Gasteiger partial charge in [-0.25, -0.2) is 9.18 Å². The number of carbonyl (C=O) groups excluding carboxylic acids is 1. The number of aromatic nitrogens is 2. The quantitative estimate of drug-likeness (QED) is 0.377. The number of nitrogens with zero attached hydrogens (tertiary/aromatic N) is 3. The molecule has 9 heteroatoms. The number of benzene rings is 2. The number of ether oxygens (including phenoxy) is 1. The number of nitrogens with one attached hydrogen (secondary N) is 1. The van der Waals surface area contributed by atoms with Crippen LogP contribution in [0.2, 0.25) is 0 Å². The molecule has 4 aromatic rings. The summed E-state index contributed by atoms with van der Waals surface area (Å²) in [5.41, 5.74) is 2.58. The van der Waals surface area contributed by atoms with E-state index in [9.17, 15) is 9.18 Å². The lowest BCUT2D eigenvalue weighted by molar-refractivity contribution is 0.199. The molecule has 3 heterocycles. The van der Waals surface area contributed by atoms with Gasteiger partial charge in [-0.1, -0.05) is 29.4 Å². The molecule has 1 aliphatic rings. The zero-order valence-electron chi connectivity index (χ0n) is 19.2. The molecule has 0 bridgehead atoms. The largest absolute Gasteiger partial charge is 0.494 e. The van der Waals surface area contributed by atoms with Crippen molar-refractivity contribution in [2.75, 3.05) is 6.61 Å². The van der Waals surface area contributed by atoms with Gasteiger partial charge in [-0.05, 0) is 55.8 Å². The molecule has 0 saturated heterocycles. The molecular weight excluding hydrogens is 451 g/mol. The molecule has 1 atom stereocenters. The van der Waals surface area contributed by atoms with Crippen LogP contribution >= 0.6 is 0 Å². The standard InChI is InChI=1S/C26H23FN4O4/c1-3-33-20-11-9-17(10-12-20)23-22(16(2)31(26(32)28-23)15-21-8-5-13-34-21)25-29-24(30-35-25)18-6-4-7-19(27)14-18/h4-14,23H,3,15H2,1-2H3,(H,28,32). The summed E-state index contributed by atoms with van der Waals surface area (Å²) >= 11 is 0. The highest BCUT2D eigenvalue weighted by Crippen LogP contribution is 2.38. The van der Waals surface area contributed by atoms with Gasteiger partial charge < -0.3 is 19.0 Å². The van der Waals surface area contributed by atoms with Gasteiger partial charge in [0, 0.05) is 11.3 Å². The Labute approximate surface area is 201 Å². The molecule has 178 valence electrons. The molecule has 0 radical (unpaired) electrons. The van der Waals surface area contributed by atoms with Crippen molar-refractivity contribution in [2.24, 2.45) is 0 Å². The number of furan rings is 1. The molecule has 2 aromatic heterocycles. The van der Waals surface area contributed by atoms with E-state index in [0.717, 1.165) is 11.3 Å². The summed E-state index contributed by atoms with van der Waals surface area (Å²) in [6.45, 7) is 4.52. The number of halogens is 1. The highest BCUT2D eigenvalue weighted by molar-refractivity contribution is 5.86. The molecule has 35 heavy (non-hydrogen) atoms. The van der Waals surface area contributed by atoms with Gasteiger partial charge in [-0.15, -0.1) is 0 Å². The first kappa shape index (κ1) is 22.4. The third-order valence-corrected chi connectivity index (χ3v) is 5.75. The van der Waals surface area contributed by atoms with Gasteiger partial charge in [-0.3, -0.25) is 4.90 Å². The topological polar surface area (TPSA) is 93.6 Å². The second kappa shape index (κ2) is 9.46. The summed E-state index contributed by atoms with van der Waals surface area (Å²) in [6, 6.07) is 16.2. The average Bonchev–Trinajstić information content (AvgIpc) is 3.55. The zero-order valence-corrected chi connectivity index (χ0v) is 19.2. The minimum absolute atomic E-state index is 0.227. The first-order chi connectivity index (χ1) is 17.0. The summed E-state index contributed by atoms with van der Waals surface area (Å²) in [5, 5.41) is 7.11. The van der Waals surface area contributed by atoms with Crippen molar-refractivity contribution in [3.8, 4) is 17.1 Å². The minimum atomic E-state index is -0.549. The Kier molecular flexibility index (Phi) is 6.05. The van der Waals surface area contributed by atoms with Gasteiger partial charge in [0.15, 0.2) is 0 Å². The number of carbonyl (C=O) groups is 1. The summed E-state index contributed by atoms with van der Waals surface area (Å²) in [5.74, 6) is 1.44. The molecule has 5 rings (SSSR count). The third-order valence-electron chi connectivity index (χ3n) is 5.75. The van der Waals surface area contributed by atoms with Gasteiger partial charge in [0.05, 0.1) is 31.0 Å². The maximum Gasteiger partial charge on any atom is 0.322 e. The highest BCUT2D eigenvalue weighted by atomic mass is 19.1. The van der Waals surface area contributed by atoms with E-state index < -0.39 is 11.9 Å². The molecule has 8 nitrogen and oxygen atoms in total. The summed E-state index contributed by atoms with van der Waals surface area (Å²) in [4.78, 5) is 19.2. The van der Waals surface area contributed by atoms with Crippen LogP contribution in [0.5, 0.6) is 5.75 Å². The Morgan fingerprint density at radius 2 is 1.97 bits per heavy atom. The lowest BCUT2D eigenvalue weighted by atomic mass is 9.94. The van der Waals surface area contributed by atoms with Crippen molar-refractivity contribution >= 4 is 11.6 Å². The molecule has 0 saturated carbocycles. The van der Waals surface area contributed by atoms with Crippen molar-refractivity contribution in [1.29, 1.82) is 0 Å². The Hall–Kier alpha value is -4.40. The smallest absolute Gasteiger partial charge is 0.322 e. The Bertz CT molecular complexity index is 1360. The van der Waals surface area contributed by atoms with Crippen LogP contribution in [0, 0.1) is 5.82 Å². The van der Waals surface area contributed by atoms with Crippen molar-refractivity contribution in [1.82, 2.24) is 20.4 Å². The van der Waals surface area contributed by atoms with Gasteiger partial charge in [0.2, 0.25) is 5.82 Å². The third kappa shape index (κ3) is 4.52. The molecule has 0 fully saturated rings. The van der Waals surface area contributed by atoms with Gasteiger partial charge >= 0.3 is 6.03 Å². The normalized spacial score (nSPS) is 15.9. The van der Waals surface area contributed by atoms with E-state index in [1.807, 2.05) is 38.1 Å². The number of rotatable bonds is 7. The molecule has 1 aliphatic heterocycles. The van der Waals surface area contributed by atoms with Gasteiger partial charge in [-0.2, -0.15) is 4.98 Å². The van der Waals surface area contributed by atoms with E-state index in [0.29, 0.717) is 29.2 Å². The average molecular weight is 474 g/mol. The van der Waals surface area contributed by atoms with E-state index in [1.54, 1.807) is 35.4 Å². The molecule has 2 amide bonds. The predicted octanol–water partition coefficient (Wildman–Crippen LogP) is 5.57. The fraction of sp³-hybridized carbons (Fsp3) is 0.192. The number of hydrogen-bond acceptors (Lipinski definition) is 6. The second-order valence-corrected chi connectivity index (χ2v) is 7.98.